The van der Waals surface area contributed by atoms with Crippen molar-refractivity contribution in [3.63, 3.8) is 0 Å². The average molecular weight is 229 g/mol. The summed E-state index contributed by atoms with van der Waals surface area (Å²) in [6, 6.07) is 10.9. The second-order valence-corrected chi connectivity index (χ2v) is 6.60. The first-order valence-corrected chi connectivity index (χ1v) is 6.83. The topological polar surface area (TPSA) is 3.24 Å². The molecule has 1 aliphatic carbocycles. The van der Waals surface area contributed by atoms with Gasteiger partial charge in [0.05, 0.1) is 0 Å². The second-order valence-electron chi connectivity index (χ2n) is 6.60. The van der Waals surface area contributed by atoms with Crippen molar-refractivity contribution in [1.82, 2.24) is 4.90 Å². The Labute approximate surface area is 105 Å². The van der Waals surface area contributed by atoms with E-state index < -0.39 is 0 Å². The summed E-state index contributed by atoms with van der Waals surface area (Å²) in [5, 5.41) is 0. The van der Waals surface area contributed by atoms with E-state index in [0.29, 0.717) is 11.0 Å². The number of fused-ring (bicyclic) bond motifs is 2. The summed E-state index contributed by atoms with van der Waals surface area (Å²) in [6.45, 7) is 9.82. The highest BCUT2D eigenvalue weighted by Crippen LogP contribution is 2.59. The summed E-state index contributed by atoms with van der Waals surface area (Å²) >= 11 is 0. The van der Waals surface area contributed by atoms with Crippen molar-refractivity contribution < 1.29 is 0 Å². The number of benzene rings is 1. The maximum atomic E-state index is 2.72. The fourth-order valence-electron chi connectivity index (χ4n) is 3.97. The summed E-state index contributed by atoms with van der Waals surface area (Å²) in [4.78, 5) is 2.72. The van der Waals surface area contributed by atoms with Crippen molar-refractivity contribution in [1.29, 1.82) is 0 Å². The molecule has 1 heterocycles. The van der Waals surface area contributed by atoms with Crippen LogP contribution in [0.25, 0.3) is 0 Å². The van der Waals surface area contributed by atoms with E-state index in [1.165, 1.54) is 24.9 Å². The van der Waals surface area contributed by atoms with Gasteiger partial charge in [0.1, 0.15) is 0 Å². The molecule has 1 saturated heterocycles. The van der Waals surface area contributed by atoms with E-state index in [-0.39, 0.29) is 0 Å². The maximum absolute atomic E-state index is 2.72. The van der Waals surface area contributed by atoms with E-state index in [1.807, 2.05) is 0 Å². The molecule has 2 atom stereocenters. The smallest absolute Gasteiger partial charge is 0.0239 e. The van der Waals surface area contributed by atoms with Crippen LogP contribution < -0.4 is 0 Å². The molecular weight excluding hydrogens is 206 g/mol. The Morgan fingerprint density at radius 1 is 1.18 bits per heavy atom. The van der Waals surface area contributed by atoms with E-state index in [9.17, 15) is 0 Å². The first-order valence-electron chi connectivity index (χ1n) is 6.83. The van der Waals surface area contributed by atoms with Crippen LogP contribution in [0.15, 0.2) is 30.3 Å². The molecule has 2 aliphatic rings. The van der Waals surface area contributed by atoms with Crippen LogP contribution in [0.3, 0.4) is 0 Å². The van der Waals surface area contributed by atoms with Crippen LogP contribution in [-0.2, 0) is 6.54 Å². The molecule has 0 spiro atoms. The average Bonchev–Trinajstić information content (AvgIpc) is 2.63. The summed E-state index contributed by atoms with van der Waals surface area (Å²) in [7, 11) is 0. The predicted molar refractivity (Wildman–Crippen MR) is 71.8 cm³/mol. The standard InChI is InChI=1S/C16H23N/c1-15(2)14-9-10-16(15,3)17(12-14)11-13-7-5-4-6-8-13/h4-8,14H,9-12H2,1-3H3/t14-,16-/m1/s1. The van der Waals surface area contributed by atoms with Crippen LogP contribution in [0.4, 0.5) is 0 Å². The molecule has 0 N–H and O–H groups in total. The number of rotatable bonds is 2. The SMILES string of the molecule is CC1(C)[C@@H]2CC[C@@]1(C)N(Cc1ccccc1)C2. The molecule has 1 aromatic carbocycles. The van der Waals surface area contributed by atoms with Gasteiger partial charge in [0.2, 0.25) is 0 Å². The highest BCUT2D eigenvalue weighted by Gasteiger charge is 2.60. The molecule has 17 heavy (non-hydrogen) atoms. The van der Waals surface area contributed by atoms with Gasteiger partial charge in [-0.15, -0.1) is 0 Å². The minimum atomic E-state index is 0.410. The molecule has 0 radical (unpaired) electrons. The molecule has 0 aromatic heterocycles. The highest BCUT2D eigenvalue weighted by atomic mass is 15.3. The largest absolute Gasteiger partial charge is 0.293 e. The van der Waals surface area contributed by atoms with Crippen molar-refractivity contribution >= 4 is 0 Å². The number of nitrogens with zero attached hydrogens (tertiary/aromatic N) is 1. The van der Waals surface area contributed by atoms with E-state index in [4.69, 9.17) is 0 Å². The van der Waals surface area contributed by atoms with Gasteiger partial charge in [-0.25, -0.2) is 0 Å². The highest BCUT2D eigenvalue weighted by molar-refractivity contribution is 5.19. The number of likely N-dealkylation sites (tertiary alicyclic amines) is 1. The Morgan fingerprint density at radius 3 is 2.41 bits per heavy atom. The minimum absolute atomic E-state index is 0.410. The van der Waals surface area contributed by atoms with Crippen molar-refractivity contribution in [3.8, 4) is 0 Å². The second kappa shape index (κ2) is 3.58. The molecule has 3 rings (SSSR count). The normalized spacial score (nSPS) is 35.4. The zero-order chi connectivity index (χ0) is 12.1. The Balaban J connectivity index is 1.83. The molecule has 1 heteroatoms. The summed E-state index contributed by atoms with van der Waals surface area (Å²) < 4.78 is 0. The van der Waals surface area contributed by atoms with Crippen LogP contribution in [0.1, 0.15) is 39.2 Å². The monoisotopic (exact) mass is 229 g/mol. The quantitative estimate of drug-likeness (QED) is 0.747. The van der Waals surface area contributed by atoms with Gasteiger partial charge in [-0.05, 0) is 36.7 Å². The maximum Gasteiger partial charge on any atom is 0.0239 e. The van der Waals surface area contributed by atoms with Gasteiger partial charge in [-0.1, -0.05) is 44.2 Å². The minimum Gasteiger partial charge on any atom is -0.293 e. The zero-order valence-corrected chi connectivity index (χ0v) is 11.2. The summed E-state index contributed by atoms with van der Waals surface area (Å²) in [5.74, 6) is 0.899. The fraction of sp³-hybridized carbons (Fsp3) is 0.625. The Hall–Kier alpha value is -0.820. The summed E-state index contributed by atoms with van der Waals surface area (Å²) in [5.41, 5.74) is 2.35. The molecule has 0 amide bonds. The Kier molecular flexibility index (Phi) is 2.38. The van der Waals surface area contributed by atoms with Gasteiger partial charge in [0.15, 0.2) is 0 Å². The molecule has 1 aromatic rings. The third kappa shape index (κ3) is 1.48. The van der Waals surface area contributed by atoms with Crippen molar-refractivity contribution in [3.05, 3.63) is 35.9 Å². The molecule has 0 unspecified atom stereocenters. The van der Waals surface area contributed by atoms with Gasteiger partial charge in [-0.3, -0.25) is 4.90 Å². The van der Waals surface area contributed by atoms with Crippen molar-refractivity contribution in [2.45, 2.75) is 45.7 Å². The van der Waals surface area contributed by atoms with Gasteiger partial charge >= 0.3 is 0 Å². The lowest BCUT2D eigenvalue weighted by Gasteiger charge is -2.41. The lowest BCUT2D eigenvalue weighted by atomic mass is 9.75. The number of piperidine rings is 1. The predicted octanol–water partition coefficient (Wildman–Crippen LogP) is 3.70. The molecule has 1 aliphatic heterocycles. The molecule has 2 bridgehead atoms. The van der Waals surface area contributed by atoms with Gasteiger partial charge in [-0.2, -0.15) is 0 Å². The lowest BCUT2D eigenvalue weighted by molar-refractivity contribution is 0.0749. The van der Waals surface area contributed by atoms with Crippen molar-refractivity contribution in [2.75, 3.05) is 6.54 Å². The Bertz CT molecular complexity index is 409. The Morgan fingerprint density at radius 2 is 1.88 bits per heavy atom. The van der Waals surface area contributed by atoms with Crippen LogP contribution in [-0.4, -0.2) is 17.0 Å². The molecular formula is C16H23N. The van der Waals surface area contributed by atoms with Crippen LogP contribution in [0.5, 0.6) is 0 Å². The van der Waals surface area contributed by atoms with E-state index in [2.05, 4.69) is 56.0 Å². The third-order valence-corrected chi connectivity index (χ3v) is 5.74. The molecule has 1 saturated carbocycles. The lowest BCUT2D eigenvalue weighted by Crippen LogP contribution is -2.47. The van der Waals surface area contributed by atoms with Crippen LogP contribution in [0, 0.1) is 11.3 Å². The first-order chi connectivity index (χ1) is 8.04. The zero-order valence-electron chi connectivity index (χ0n) is 11.2. The summed E-state index contributed by atoms with van der Waals surface area (Å²) in [6.07, 6.45) is 2.80. The molecule has 1 nitrogen and oxygen atoms in total. The van der Waals surface area contributed by atoms with Gasteiger partial charge in [0, 0.05) is 18.6 Å². The third-order valence-electron chi connectivity index (χ3n) is 5.74. The fourth-order valence-corrected chi connectivity index (χ4v) is 3.97. The molecule has 2 fully saturated rings. The number of hydrogen-bond donors (Lipinski definition) is 0. The van der Waals surface area contributed by atoms with Crippen molar-refractivity contribution in [2.24, 2.45) is 11.3 Å². The van der Waals surface area contributed by atoms with Gasteiger partial charge in [0.25, 0.3) is 0 Å². The molecule has 92 valence electrons. The van der Waals surface area contributed by atoms with E-state index in [1.54, 1.807) is 0 Å². The van der Waals surface area contributed by atoms with E-state index in [0.717, 1.165) is 12.5 Å². The number of hydrogen-bond acceptors (Lipinski definition) is 1. The van der Waals surface area contributed by atoms with Gasteiger partial charge < -0.3 is 0 Å². The van der Waals surface area contributed by atoms with E-state index >= 15 is 0 Å². The van der Waals surface area contributed by atoms with Crippen LogP contribution in [0.2, 0.25) is 0 Å². The van der Waals surface area contributed by atoms with Crippen LogP contribution >= 0.6 is 0 Å². The first kappa shape index (κ1) is 11.3.